The Morgan fingerprint density at radius 2 is 2.16 bits per heavy atom. The van der Waals surface area contributed by atoms with Crippen molar-refractivity contribution in [2.24, 2.45) is 5.73 Å². The van der Waals surface area contributed by atoms with Crippen LogP contribution in [0.25, 0.3) is 11.0 Å². The summed E-state index contributed by atoms with van der Waals surface area (Å²) in [6, 6.07) is 5.92. The SMILES string of the molecule is CC(C)n1c(CC(C)(O)CN)nc2cc(Cl)ccc21. The Bertz CT molecular complexity index is 590. The zero-order valence-electron chi connectivity index (χ0n) is 11.5. The van der Waals surface area contributed by atoms with Crippen molar-refractivity contribution in [3.05, 3.63) is 29.0 Å². The fourth-order valence-corrected chi connectivity index (χ4v) is 2.40. The van der Waals surface area contributed by atoms with Crippen molar-refractivity contribution in [2.45, 2.75) is 38.8 Å². The van der Waals surface area contributed by atoms with Crippen LogP contribution in [0.2, 0.25) is 5.02 Å². The minimum Gasteiger partial charge on any atom is -0.388 e. The number of nitrogens with two attached hydrogens (primary N) is 1. The zero-order valence-corrected chi connectivity index (χ0v) is 12.3. The molecule has 19 heavy (non-hydrogen) atoms. The van der Waals surface area contributed by atoms with E-state index in [-0.39, 0.29) is 12.6 Å². The first-order valence-electron chi connectivity index (χ1n) is 6.43. The van der Waals surface area contributed by atoms with Gasteiger partial charge in [-0.2, -0.15) is 0 Å². The standard InChI is InChI=1S/C14H20ClN3O/c1-9(2)18-12-5-4-10(15)6-11(12)17-13(18)7-14(3,19)8-16/h4-6,9,19H,7-8,16H2,1-3H3. The average molecular weight is 282 g/mol. The van der Waals surface area contributed by atoms with Gasteiger partial charge in [0.2, 0.25) is 0 Å². The molecule has 1 aromatic heterocycles. The monoisotopic (exact) mass is 281 g/mol. The van der Waals surface area contributed by atoms with Crippen LogP contribution in [0.1, 0.15) is 32.6 Å². The number of halogens is 1. The largest absolute Gasteiger partial charge is 0.388 e. The van der Waals surface area contributed by atoms with Crippen molar-refractivity contribution in [2.75, 3.05) is 6.54 Å². The Morgan fingerprint density at radius 1 is 1.47 bits per heavy atom. The summed E-state index contributed by atoms with van der Waals surface area (Å²) >= 11 is 6.00. The van der Waals surface area contributed by atoms with Gasteiger partial charge in [0, 0.05) is 24.0 Å². The van der Waals surface area contributed by atoms with E-state index in [4.69, 9.17) is 17.3 Å². The summed E-state index contributed by atoms with van der Waals surface area (Å²) in [6.45, 7) is 6.12. The molecule has 0 fully saturated rings. The number of rotatable bonds is 4. The van der Waals surface area contributed by atoms with E-state index in [0.717, 1.165) is 16.9 Å². The number of aromatic nitrogens is 2. The van der Waals surface area contributed by atoms with Gasteiger partial charge >= 0.3 is 0 Å². The molecule has 0 saturated carbocycles. The van der Waals surface area contributed by atoms with Gasteiger partial charge in [0.25, 0.3) is 0 Å². The van der Waals surface area contributed by atoms with Gasteiger partial charge in [0.15, 0.2) is 0 Å². The maximum Gasteiger partial charge on any atom is 0.113 e. The number of nitrogens with zero attached hydrogens (tertiary/aromatic N) is 2. The lowest BCUT2D eigenvalue weighted by molar-refractivity contribution is 0.0665. The third-order valence-corrected chi connectivity index (χ3v) is 3.45. The van der Waals surface area contributed by atoms with Gasteiger partial charge in [0.1, 0.15) is 5.82 Å². The maximum atomic E-state index is 10.2. The molecule has 0 spiro atoms. The highest BCUT2D eigenvalue weighted by atomic mass is 35.5. The second-order valence-electron chi connectivity index (χ2n) is 5.50. The van der Waals surface area contributed by atoms with Crippen molar-refractivity contribution < 1.29 is 5.11 Å². The first-order chi connectivity index (χ1) is 8.84. The summed E-state index contributed by atoms with van der Waals surface area (Å²) in [7, 11) is 0. The third kappa shape index (κ3) is 2.91. The lowest BCUT2D eigenvalue weighted by Gasteiger charge is -2.22. The second kappa shape index (κ2) is 5.12. The van der Waals surface area contributed by atoms with Gasteiger partial charge in [-0.3, -0.25) is 0 Å². The van der Waals surface area contributed by atoms with Crippen LogP contribution in [0.5, 0.6) is 0 Å². The van der Waals surface area contributed by atoms with Crippen LogP contribution in [0.3, 0.4) is 0 Å². The summed E-state index contributed by atoms with van der Waals surface area (Å²) < 4.78 is 2.12. The molecule has 0 aliphatic carbocycles. The molecule has 0 saturated heterocycles. The van der Waals surface area contributed by atoms with Crippen LogP contribution in [0.15, 0.2) is 18.2 Å². The molecule has 4 nitrogen and oxygen atoms in total. The van der Waals surface area contributed by atoms with Crippen molar-refractivity contribution in [1.82, 2.24) is 9.55 Å². The number of aliphatic hydroxyl groups is 1. The predicted molar refractivity (Wildman–Crippen MR) is 78.5 cm³/mol. The highest BCUT2D eigenvalue weighted by molar-refractivity contribution is 6.31. The van der Waals surface area contributed by atoms with Gasteiger partial charge < -0.3 is 15.4 Å². The smallest absolute Gasteiger partial charge is 0.113 e. The minimum absolute atomic E-state index is 0.203. The Labute approximate surface area is 118 Å². The van der Waals surface area contributed by atoms with Gasteiger partial charge in [-0.15, -0.1) is 0 Å². The third-order valence-electron chi connectivity index (χ3n) is 3.22. The molecule has 2 rings (SSSR count). The quantitative estimate of drug-likeness (QED) is 0.905. The number of hydrogen-bond acceptors (Lipinski definition) is 3. The average Bonchev–Trinajstić information content (AvgIpc) is 2.65. The molecule has 0 bridgehead atoms. The van der Waals surface area contributed by atoms with E-state index in [0.29, 0.717) is 11.4 Å². The first-order valence-corrected chi connectivity index (χ1v) is 6.80. The molecule has 1 aromatic carbocycles. The molecule has 2 aromatic rings. The van der Waals surface area contributed by atoms with Gasteiger partial charge in [-0.05, 0) is 39.0 Å². The summed E-state index contributed by atoms with van der Waals surface area (Å²) in [6.07, 6.45) is 0.425. The van der Waals surface area contributed by atoms with Crippen molar-refractivity contribution in [3.63, 3.8) is 0 Å². The number of hydrogen-bond donors (Lipinski definition) is 2. The number of imidazole rings is 1. The highest BCUT2D eigenvalue weighted by Crippen LogP contribution is 2.25. The molecular weight excluding hydrogens is 262 g/mol. The van der Waals surface area contributed by atoms with Crippen LogP contribution in [-0.4, -0.2) is 26.8 Å². The zero-order chi connectivity index (χ0) is 14.2. The minimum atomic E-state index is -0.947. The van der Waals surface area contributed by atoms with Crippen LogP contribution in [-0.2, 0) is 6.42 Å². The summed E-state index contributed by atoms with van der Waals surface area (Å²) in [5.74, 6) is 0.836. The first kappa shape index (κ1) is 14.3. The van der Waals surface area contributed by atoms with E-state index in [1.165, 1.54) is 0 Å². The lowest BCUT2D eigenvalue weighted by atomic mass is 10.0. The molecule has 0 amide bonds. The number of benzene rings is 1. The fraction of sp³-hybridized carbons (Fsp3) is 0.500. The predicted octanol–water partition coefficient (Wildman–Crippen LogP) is 2.52. The lowest BCUT2D eigenvalue weighted by Crippen LogP contribution is -2.37. The molecule has 1 unspecified atom stereocenters. The van der Waals surface area contributed by atoms with Gasteiger partial charge in [-0.25, -0.2) is 4.98 Å². The Morgan fingerprint density at radius 3 is 2.74 bits per heavy atom. The van der Waals surface area contributed by atoms with E-state index >= 15 is 0 Å². The normalized spacial score (nSPS) is 15.1. The summed E-state index contributed by atoms with van der Waals surface area (Å²) in [4.78, 5) is 4.59. The van der Waals surface area contributed by atoms with Crippen LogP contribution >= 0.6 is 11.6 Å². The van der Waals surface area contributed by atoms with E-state index in [9.17, 15) is 5.11 Å². The number of fused-ring (bicyclic) bond motifs is 1. The Balaban J connectivity index is 2.56. The van der Waals surface area contributed by atoms with Crippen LogP contribution in [0.4, 0.5) is 0 Å². The topological polar surface area (TPSA) is 64.1 Å². The molecule has 3 N–H and O–H groups in total. The molecule has 1 atom stereocenters. The van der Waals surface area contributed by atoms with E-state index in [2.05, 4.69) is 23.4 Å². The van der Waals surface area contributed by atoms with Crippen LogP contribution < -0.4 is 5.73 Å². The summed E-state index contributed by atoms with van der Waals surface area (Å²) in [5, 5.41) is 10.8. The second-order valence-corrected chi connectivity index (χ2v) is 5.94. The van der Waals surface area contributed by atoms with Gasteiger partial charge in [0.05, 0.1) is 16.6 Å². The molecule has 0 radical (unpaired) electrons. The van der Waals surface area contributed by atoms with E-state index in [1.807, 2.05) is 18.2 Å². The maximum absolute atomic E-state index is 10.2. The van der Waals surface area contributed by atoms with Crippen molar-refractivity contribution >= 4 is 22.6 Å². The molecule has 0 aliphatic rings. The Kier molecular flexibility index (Phi) is 3.85. The highest BCUT2D eigenvalue weighted by Gasteiger charge is 2.24. The summed E-state index contributed by atoms with van der Waals surface area (Å²) in [5.41, 5.74) is 6.52. The molecule has 1 heterocycles. The van der Waals surface area contributed by atoms with Gasteiger partial charge in [-0.1, -0.05) is 11.6 Å². The van der Waals surface area contributed by atoms with Crippen LogP contribution in [0, 0.1) is 0 Å². The molecule has 104 valence electrons. The molecule has 5 heteroatoms. The fourth-order valence-electron chi connectivity index (χ4n) is 2.24. The van der Waals surface area contributed by atoms with E-state index in [1.54, 1.807) is 6.92 Å². The Hall–Kier alpha value is -1.10. The molecular formula is C14H20ClN3O. The van der Waals surface area contributed by atoms with E-state index < -0.39 is 5.60 Å². The molecule has 0 aliphatic heterocycles. The van der Waals surface area contributed by atoms with Crippen molar-refractivity contribution in [3.8, 4) is 0 Å². The van der Waals surface area contributed by atoms with Crippen molar-refractivity contribution in [1.29, 1.82) is 0 Å².